The molecule has 3 rings (SSSR count). The van der Waals surface area contributed by atoms with Crippen molar-refractivity contribution in [1.82, 2.24) is 4.98 Å². The number of ether oxygens (including phenoxy) is 1. The minimum Gasteiger partial charge on any atom is -0.495 e. The number of amides is 1. The first-order valence-electron chi connectivity index (χ1n) is 8.22. The van der Waals surface area contributed by atoms with Crippen molar-refractivity contribution >= 4 is 33.8 Å². The van der Waals surface area contributed by atoms with Gasteiger partial charge < -0.3 is 15.4 Å². The first kappa shape index (κ1) is 17.9. The number of rotatable bonds is 5. The van der Waals surface area contributed by atoms with Crippen LogP contribution >= 0.6 is 11.3 Å². The van der Waals surface area contributed by atoms with Crippen LogP contribution in [0.25, 0.3) is 0 Å². The van der Waals surface area contributed by atoms with E-state index in [0.717, 1.165) is 33.8 Å². The van der Waals surface area contributed by atoms with Crippen LogP contribution in [0.4, 0.5) is 16.5 Å². The molecule has 0 saturated heterocycles. The number of aromatic nitrogens is 1. The zero-order chi connectivity index (χ0) is 18.7. The zero-order valence-corrected chi connectivity index (χ0v) is 16.0. The maximum atomic E-state index is 12.5. The standard InChI is InChI=1S/C20H21N3O2S/c1-12-8-9-17(25-4)15(10-12)21-20-22-16(11-26-20)19(24)23-18-13(2)6-5-7-14(18)3/h5-11H,1-4H3,(H,21,22)(H,23,24). The van der Waals surface area contributed by atoms with Gasteiger partial charge in [-0.25, -0.2) is 4.98 Å². The van der Waals surface area contributed by atoms with Gasteiger partial charge in [0, 0.05) is 11.1 Å². The summed E-state index contributed by atoms with van der Waals surface area (Å²) in [6.07, 6.45) is 0. The smallest absolute Gasteiger partial charge is 0.275 e. The van der Waals surface area contributed by atoms with Gasteiger partial charge in [-0.2, -0.15) is 0 Å². The second kappa shape index (κ2) is 7.58. The van der Waals surface area contributed by atoms with E-state index in [4.69, 9.17) is 4.74 Å². The van der Waals surface area contributed by atoms with E-state index in [0.29, 0.717) is 10.8 Å². The number of carbonyl (C=O) groups is 1. The first-order valence-corrected chi connectivity index (χ1v) is 9.10. The highest BCUT2D eigenvalue weighted by molar-refractivity contribution is 7.14. The Morgan fingerprint density at radius 3 is 2.54 bits per heavy atom. The molecule has 2 N–H and O–H groups in total. The maximum Gasteiger partial charge on any atom is 0.275 e. The Morgan fingerprint density at radius 1 is 1.12 bits per heavy atom. The fourth-order valence-electron chi connectivity index (χ4n) is 2.66. The molecule has 6 heteroatoms. The average molecular weight is 367 g/mol. The van der Waals surface area contributed by atoms with Gasteiger partial charge in [-0.1, -0.05) is 24.3 Å². The minimum absolute atomic E-state index is 0.220. The van der Waals surface area contributed by atoms with E-state index in [1.54, 1.807) is 12.5 Å². The Morgan fingerprint density at radius 2 is 1.85 bits per heavy atom. The number of para-hydroxylation sites is 1. The largest absolute Gasteiger partial charge is 0.495 e. The van der Waals surface area contributed by atoms with Crippen molar-refractivity contribution < 1.29 is 9.53 Å². The predicted octanol–water partition coefficient (Wildman–Crippen LogP) is 5.07. The van der Waals surface area contributed by atoms with Crippen LogP contribution in [-0.4, -0.2) is 18.0 Å². The first-order chi connectivity index (χ1) is 12.5. The van der Waals surface area contributed by atoms with Gasteiger partial charge in [0.1, 0.15) is 11.4 Å². The molecule has 3 aromatic rings. The van der Waals surface area contributed by atoms with Crippen molar-refractivity contribution in [3.8, 4) is 5.75 Å². The van der Waals surface area contributed by atoms with Gasteiger partial charge in [0.2, 0.25) is 0 Å². The van der Waals surface area contributed by atoms with E-state index in [-0.39, 0.29) is 5.91 Å². The molecule has 1 aromatic heterocycles. The number of thiazole rings is 1. The third kappa shape index (κ3) is 3.86. The fraction of sp³-hybridized carbons (Fsp3) is 0.200. The maximum absolute atomic E-state index is 12.5. The van der Waals surface area contributed by atoms with Crippen LogP contribution in [0.3, 0.4) is 0 Å². The lowest BCUT2D eigenvalue weighted by Gasteiger charge is -2.10. The zero-order valence-electron chi connectivity index (χ0n) is 15.2. The number of anilines is 3. The predicted molar refractivity (Wildman–Crippen MR) is 107 cm³/mol. The number of aryl methyl sites for hydroxylation is 3. The van der Waals surface area contributed by atoms with Crippen molar-refractivity contribution in [3.63, 3.8) is 0 Å². The molecule has 134 valence electrons. The number of methoxy groups -OCH3 is 1. The van der Waals surface area contributed by atoms with Gasteiger partial charge in [-0.15, -0.1) is 11.3 Å². The molecule has 0 aliphatic carbocycles. The number of nitrogens with one attached hydrogen (secondary N) is 2. The third-order valence-corrected chi connectivity index (χ3v) is 4.81. The normalized spacial score (nSPS) is 10.5. The van der Waals surface area contributed by atoms with Crippen LogP contribution in [-0.2, 0) is 0 Å². The summed E-state index contributed by atoms with van der Waals surface area (Å²) >= 11 is 1.38. The highest BCUT2D eigenvalue weighted by atomic mass is 32.1. The summed E-state index contributed by atoms with van der Waals surface area (Å²) in [5.41, 5.74) is 5.20. The van der Waals surface area contributed by atoms with Crippen molar-refractivity contribution in [3.05, 3.63) is 64.2 Å². The van der Waals surface area contributed by atoms with Crippen LogP contribution < -0.4 is 15.4 Å². The number of hydrogen-bond donors (Lipinski definition) is 2. The number of hydrogen-bond acceptors (Lipinski definition) is 5. The van der Waals surface area contributed by atoms with Crippen LogP contribution in [0.15, 0.2) is 41.8 Å². The molecule has 0 aliphatic rings. The molecule has 1 amide bonds. The lowest BCUT2D eigenvalue weighted by molar-refractivity contribution is 0.102. The topological polar surface area (TPSA) is 63.2 Å². The highest BCUT2D eigenvalue weighted by Gasteiger charge is 2.14. The van der Waals surface area contributed by atoms with E-state index in [9.17, 15) is 4.79 Å². The lowest BCUT2D eigenvalue weighted by Crippen LogP contribution is -2.14. The molecule has 0 bridgehead atoms. The summed E-state index contributed by atoms with van der Waals surface area (Å²) in [5.74, 6) is 0.509. The Kier molecular flexibility index (Phi) is 5.23. The SMILES string of the molecule is COc1ccc(C)cc1Nc1nc(C(=O)Nc2c(C)cccc2C)cs1. The molecular weight excluding hydrogens is 346 g/mol. The average Bonchev–Trinajstić information content (AvgIpc) is 3.07. The monoisotopic (exact) mass is 367 g/mol. The molecule has 0 unspecified atom stereocenters. The van der Waals surface area contributed by atoms with Gasteiger partial charge in [-0.05, 0) is 49.6 Å². The minimum atomic E-state index is -0.220. The van der Waals surface area contributed by atoms with Crippen molar-refractivity contribution in [1.29, 1.82) is 0 Å². The van der Waals surface area contributed by atoms with Gasteiger partial charge in [0.15, 0.2) is 5.13 Å². The fourth-order valence-corrected chi connectivity index (χ4v) is 3.36. The molecule has 5 nitrogen and oxygen atoms in total. The molecule has 0 fully saturated rings. The molecule has 0 saturated carbocycles. The Hall–Kier alpha value is -2.86. The second-order valence-corrected chi connectivity index (χ2v) is 6.95. The van der Waals surface area contributed by atoms with Crippen LogP contribution in [0.5, 0.6) is 5.75 Å². The summed E-state index contributed by atoms with van der Waals surface area (Å²) < 4.78 is 5.37. The second-order valence-electron chi connectivity index (χ2n) is 6.09. The third-order valence-electron chi connectivity index (χ3n) is 4.05. The number of benzene rings is 2. The summed E-state index contributed by atoms with van der Waals surface area (Å²) in [6, 6.07) is 11.8. The summed E-state index contributed by atoms with van der Waals surface area (Å²) in [5, 5.41) is 8.57. The molecule has 0 spiro atoms. The Bertz CT molecular complexity index is 930. The molecule has 26 heavy (non-hydrogen) atoms. The van der Waals surface area contributed by atoms with E-state index in [2.05, 4.69) is 15.6 Å². The quantitative estimate of drug-likeness (QED) is 0.661. The summed E-state index contributed by atoms with van der Waals surface area (Å²) in [4.78, 5) is 16.9. The van der Waals surface area contributed by atoms with Gasteiger partial charge in [0.25, 0.3) is 5.91 Å². The van der Waals surface area contributed by atoms with Crippen molar-refractivity contribution in [2.45, 2.75) is 20.8 Å². The molecule has 1 heterocycles. The Balaban J connectivity index is 1.78. The molecular formula is C20H21N3O2S. The van der Waals surface area contributed by atoms with Gasteiger partial charge >= 0.3 is 0 Å². The highest BCUT2D eigenvalue weighted by Crippen LogP contribution is 2.30. The van der Waals surface area contributed by atoms with Gasteiger partial charge in [-0.3, -0.25) is 4.79 Å². The van der Waals surface area contributed by atoms with Crippen molar-refractivity contribution in [2.75, 3.05) is 17.7 Å². The van der Waals surface area contributed by atoms with E-state index >= 15 is 0 Å². The van der Waals surface area contributed by atoms with E-state index in [1.165, 1.54) is 11.3 Å². The summed E-state index contributed by atoms with van der Waals surface area (Å²) in [6.45, 7) is 5.96. The van der Waals surface area contributed by atoms with Crippen molar-refractivity contribution in [2.24, 2.45) is 0 Å². The van der Waals surface area contributed by atoms with Crippen LogP contribution in [0, 0.1) is 20.8 Å². The van der Waals surface area contributed by atoms with Crippen LogP contribution in [0.1, 0.15) is 27.2 Å². The number of carbonyl (C=O) groups excluding carboxylic acids is 1. The Labute approximate surface area is 157 Å². The number of nitrogens with zero attached hydrogens (tertiary/aromatic N) is 1. The lowest BCUT2D eigenvalue weighted by atomic mass is 10.1. The van der Waals surface area contributed by atoms with E-state index < -0.39 is 0 Å². The summed E-state index contributed by atoms with van der Waals surface area (Å²) in [7, 11) is 1.63. The molecule has 2 aromatic carbocycles. The van der Waals surface area contributed by atoms with Gasteiger partial charge in [0.05, 0.1) is 12.8 Å². The molecule has 0 radical (unpaired) electrons. The molecule has 0 aliphatic heterocycles. The molecule has 0 atom stereocenters. The van der Waals surface area contributed by atoms with Crippen LogP contribution in [0.2, 0.25) is 0 Å². The van der Waals surface area contributed by atoms with E-state index in [1.807, 2.05) is 57.2 Å².